The standard InChI is InChI=1S/C14H15N3O2/c1-11-5-2-3-7-13(11)15-10-14(18)17-16-9-12-6-4-8-19-12/h2-9,15H,10H2,1H3,(H,17,18)/b16-9+. The van der Waals surface area contributed by atoms with E-state index in [0.717, 1.165) is 11.3 Å². The summed E-state index contributed by atoms with van der Waals surface area (Å²) in [6, 6.07) is 11.3. The van der Waals surface area contributed by atoms with Crippen LogP contribution in [0.25, 0.3) is 0 Å². The third kappa shape index (κ3) is 3.99. The molecule has 2 rings (SSSR count). The van der Waals surface area contributed by atoms with Gasteiger partial charge in [-0.15, -0.1) is 0 Å². The Morgan fingerprint density at radius 2 is 2.16 bits per heavy atom. The lowest BCUT2D eigenvalue weighted by Gasteiger charge is -2.07. The van der Waals surface area contributed by atoms with Gasteiger partial charge in [-0.05, 0) is 30.7 Å². The van der Waals surface area contributed by atoms with Crippen LogP contribution in [0.15, 0.2) is 52.2 Å². The van der Waals surface area contributed by atoms with Gasteiger partial charge < -0.3 is 9.73 Å². The number of furan rings is 1. The minimum Gasteiger partial charge on any atom is -0.463 e. The van der Waals surface area contributed by atoms with Gasteiger partial charge in [-0.3, -0.25) is 4.79 Å². The number of hydrogen-bond donors (Lipinski definition) is 2. The second-order valence-electron chi connectivity index (χ2n) is 3.98. The maximum atomic E-state index is 11.5. The lowest BCUT2D eigenvalue weighted by Crippen LogP contribution is -2.26. The molecular formula is C14H15N3O2. The van der Waals surface area contributed by atoms with Crippen LogP contribution >= 0.6 is 0 Å². The molecule has 0 radical (unpaired) electrons. The van der Waals surface area contributed by atoms with Crippen molar-refractivity contribution in [1.29, 1.82) is 0 Å². The Morgan fingerprint density at radius 1 is 1.32 bits per heavy atom. The first kappa shape index (κ1) is 12.9. The van der Waals surface area contributed by atoms with E-state index in [0.29, 0.717) is 5.76 Å². The zero-order valence-electron chi connectivity index (χ0n) is 10.6. The number of hydrogen-bond acceptors (Lipinski definition) is 4. The Bertz CT molecular complexity index is 562. The van der Waals surface area contributed by atoms with Crippen LogP contribution in [0.1, 0.15) is 11.3 Å². The summed E-state index contributed by atoms with van der Waals surface area (Å²) in [5, 5.41) is 6.84. The molecule has 1 amide bonds. The Hall–Kier alpha value is -2.56. The minimum absolute atomic E-state index is 0.167. The average molecular weight is 257 g/mol. The highest BCUT2D eigenvalue weighted by molar-refractivity contribution is 5.83. The molecule has 0 saturated heterocycles. The summed E-state index contributed by atoms with van der Waals surface area (Å²) in [4.78, 5) is 11.5. The molecule has 0 aliphatic heterocycles. The molecule has 0 aliphatic carbocycles. The van der Waals surface area contributed by atoms with Crippen molar-refractivity contribution in [2.45, 2.75) is 6.92 Å². The first-order chi connectivity index (χ1) is 9.25. The third-order valence-electron chi connectivity index (χ3n) is 2.51. The molecule has 1 aromatic heterocycles. The van der Waals surface area contributed by atoms with Crippen molar-refractivity contribution in [2.24, 2.45) is 5.10 Å². The highest BCUT2D eigenvalue weighted by Crippen LogP contribution is 2.12. The van der Waals surface area contributed by atoms with Gasteiger partial charge in [0.2, 0.25) is 0 Å². The van der Waals surface area contributed by atoms with E-state index in [1.54, 1.807) is 18.4 Å². The van der Waals surface area contributed by atoms with Gasteiger partial charge in [0.05, 0.1) is 19.0 Å². The van der Waals surface area contributed by atoms with Crippen LogP contribution in [-0.2, 0) is 4.79 Å². The Labute approximate surface area is 111 Å². The smallest absolute Gasteiger partial charge is 0.259 e. The Balaban J connectivity index is 1.78. The zero-order chi connectivity index (χ0) is 13.5. The molecule has 0 saturated carbocycles. The van der Waals surface area contributed by atoms with E-state index in [-0.39, 0.29) is 12.5 Å². The fourth-order valence-corrected chi connectivity index (χ4v) is 1.52. The van der Waals surface area contributed by atoms with Gasteiger partial charge >= 0.3 is 0 Å². The first-order valence-electron chi connectivity index (χ1n) is 5.90. The summed E-state index contributed by atoms with van der Waals surface area (Å²) in [5.41, 5.74) is 4.45. The highest BCUT2D eigenvalue weighted by Gasteiger charge is 2.01. The van der Waals surface area contributed by atoms with E-state index < -0.39 is 0 Å². The van der Waals surface area contributed by atoms with Crippen molar-refractivity contribution in [3.8, 4) is 0 Å². The van der Waals surface area contributed by atoms with Crippen molar-refractivity contribution in [2.75, 3.05) is 11.9 Å². The molecule has 0 bridgehead atoms. The highest BCUT2D eigenvalue weighted by atomic mass is 16.3. The fraction of sp³-hybridized carbons (Fsp3) is 0.143. The maximum absolute atomic E-state index is 11.5. The van der Waals surface area contributed by atoms with Crippen molar-refractivity contribution >= 4 is 17.8 Å². The minimum atomic E-state index is -0.217. The van der Waals surface area contributed by atoms with Crippen LogP contribution in [0.5, 0.6) is 0 Å². The van der Waals surface area contributed by atoms with Crippen LogP contribution in [0, 0.1) is 6.92 Å². The Kier molecular flexibility index (Phi) is 4.34. The van der Waals surface area contributed by atoms with Gasteiger partial charge in [0.25, 0.3) is 5.91 Å². The van der Waals surface area contributed by atoms with Gasteiger partial charge in [0.1, 0.15) is 5.76 Å². The van der Waals surface area contributed by atoms with Crippen LogP contribution in [0.2, 0.25) is 0 Å². The van der Waals surface area contributed by atoms with Crippen molar-refractivity contribution in [3.63, 3.8) is 0 Å². The van der Waals surface area contributed by atoms with Crippen LogP contribution in [0.3, 0.4) is 0 Å². The van der Waals surface area contributed by atoms with E-state index in [2.05, 4.69) is 15.8 Å². The van der Waals surface area contributed by atoms with Crippen LogP contribution in [-0.4, -0.2) is 18.7 Å². The predicted molar refractivity (Wildman–Crippen MR) is 74.1 cm³/mol. The normalized spacial score (nSPS) is 10.6. The van der Waals surface area contributed by atoms with Gasteiger partial charge in [-0.25, -0.2) is 5.43 Å². The molecule has 5 heteroatoms. The van der Waals surface area contributed by atoms with Crippen LogP contribution in [0.4, 0.5) is 5.69 Å². The van der Waals surface area contributed by atoms with E-state index in [1.165, 1.54) is 6.21 Å². The molecule has 0 spiro atoms. The van der Waals surface area contributed by atoms with Gasteiger partial charge in [0, 0.05) is 5.69 Å². The number of hydrazone groups is 1. The number of carbonyl (C=O) groups is 1. The van der Waals surface area contributed by atoms with E-state index in [9.17, 15) is 4.79 Å². The summed E-state index contributed by atoms with van der Waals surface area (Å²) in [5.74, 6) is 0.373. The molecule has 19 heavy (non-hydrogen) atoms. The number of nitrogens with one attached hydrogen (secondary N) is 2. The number of aryl methyl sites for hydroxylation is 1. The van der Waals surface area contributed by atoms with Crippen molar-refractivity contribution in [1.82, 2.24) is 5.43 Å². The quantitative estimate of drug-likeness (QED) is 0.637. The van der Waals surface area contributed by atoms with E-state index in [4.69, 9.17) is 4.42 Å². The summed E-state index contributed by atoms with van der Waals surface area (Å²) in [6.45, 7) is 2.15. The number of rotatable bonds is 5. The molecule has 0 atom stereocenters. The predicted octanol–water partition coefficient (Wildman–Crippen LogP) is 2.15. The molecule has 0 aliphatic rings. The van der Waals surface area contributed by atoms with E-state index >= 15 is 0 Å². The number of carbonyl (C=O) groups excluding carboxylic acids is 1. The topological polar surface area (TPSA) is 66.6 Å². The summed E-state index contributed by atoms with van der Waals surface area (Å²) in [7, 11) is 0. The SMILES string of the molecule is Cc1ccccc1NCC(=O)N/N=C/c1ccco1. The second kappa shape index (κ2) is 6.39. The molecule has 0 unspecified atom stereocenters. The number of nitrogens with zero attached hydrogens (tertiary/aromatic N) is 1. The molecule has 5 nitrogen and oxygen atoms in total. The lowest BCUT2D eigenvalue weighted by molar-refractivity contribution is -0.119. The number of anilines is 1. The summed E-state index contributed by atoms with van der Waals surface area (Å²) in [6.07, 6.45) is 2.99. The van der Waals surface area contributed by atoms with Crippen molar-refractivity contribution < 1.29 is 9.21 Å². The maximum Gasteiger partial charge on any atom is 0.259 e. The molecule has 2 N–H and O–H groups in total. The average Bonchev–Trinajstić information content (AvgIpc) is 2.91. The van der Waals surface area contributed by atoms with Gasteiger partial charge in [0.15, 0.2) is 0 Å². The van der Waals surface area contributed by atoms with Gasteiger partial charge in [-0.1, -0.05) is 18.2 Å². The fourth-order valence-electron chi connectivity index (χ4n) is 1.52. The van der Waals surface area contributed by atoms with Gasteiger partial charge in [-0.2, -0.15) is 5.10 Å². The summed E-state index contributed by atoms with van der Waals surface area (Å²) >= 11 is 0. The molecule has 98 valence electrons. The van der Waals surface area contributed by atoms with Crippen LogP contribution < -0.4 is 10.7 Å². The molecule has 2 aromatic rings. The monoisotopic (exact) mass is 257 g/mol. The number of benzene rings is 1. The number of para-hydroxylation sites is 1. The zero-order valence-corrected chi connectivity index (χ0v) is 10.6. The largest absolute Gasteiger partial charge is 0.463 e. The molecular weight excluding hydrogens is 242 g/mol. The first-order valence-corrected chi connectivity index (χ1v) is 5.90. The lowest BCUT2D eigenvalue weighted by atomic mass is 10.2. The molecule has 1 heterocycles. The Morgan fingerprint density at radius 3 is 2.89 bits per heavy atom. The second-order valence-corrected chi connectivity index (χ2v) is 3.98. The summed E-state index contributed by atoms with van der Waals surface area (Å²) < 4.78 is 5.04. The van der Waals surface area contributed by atoms with Crippen molar-refractivity contribution in [3.05, 3.63) is 54.0 Å². The molecule has 0 fully saturated rings. The van der Waals surface area contributed by atoms with E-state index in [1.807, 2.05) is 31.2 Å². The number of amides is 1. The molecule has 1 aromatic carbocycles. The third-order valence-corrected chi connectivity index (χ3v) is 2.51.